The van der Waals surface area contributed by atoms with Crippen molar-refractivity contribution in [1.29, 1.82) is 0 Å². The number of Topliss-reactive ketones (excluding diaryl/α,β-unsaturated/α-hetero) is 1. The number of methoxy groups -OCH3 is 1. The van der Waals surface area contributed by atoms with Crippen molar-refractivity contribution < 1.29 is 9.53 Å². The molecule has 2 aromatic rings. The molecule has 0 spiro atoms. The molecule has 0 unspecified atom stereocenters. The van der Waals surface area contributed by atoms with E-state index in [0.717, 1.165) is 16.9 Å². The summed E-state index contributed by atoms with van der Waals surface area (Å²) in [7, 11) is 1.64. The van der Waals surface area contributed by atoms with Crippen molar-refractivity contribution in [3.8, 4) is 16.9 Å². The molecule has 1 heterocycles. The first-order chi connectivity index (χ1) is 8.20. The number of ketones is 1. The van der Waals surface area contributed by atoms with E-state index in [1.807, 2.05) is 30.3 Å². The molecule has 0 radical (unpaired) electrons. The van der Waals surface area contributed by atoms with E-state index < -0.39 is 0 Å². The number of hydrogen-bond donors (Lipinski definition) is 0. The van der Waals surface area contributed by atoms with Gasteiger partial charge in [0.1, 0.15) is 11.4 Å². The maximum Gasteiger partial charge on any atom is 0.178 e. The molecular weight excluding hydrogens is 214 g/mol. The van der Waals surface area contributed by atoms with Crippen molar-refractivity contribution in [2.45, 2.75) is 6.92 Å². The molecule has 0 amide bonds. The maximum atomic E-state index is 11.1. The van der Waals surface area contributed by atoms with E-state index in [0.29, 0.717) is 5.69 Å². The van der Waals surface area contributed by atoms with Crippen LogP contribution in [-0.2, 0) is 0 Å². The maximum absolute atomic E-state index is 11.1. The standard InChI is InChI=1S/C14H13NO2/c1-10(16)14-7-6-12(9-15-14)11-4-3-5-13(8-11)17-2/h3-9H,1-2H3. The lowest BCUT2D eigenvalue weighted by Crippen LogP contribution is -1.95. The van der Waals surface area contributed by atoms with Crippen molar-refractivity contribution in [3.63, 3.8) is 0 Å². The molecule has 2 rings (SSSR count). The average molecular weight is 227 g/mol. The van der Waals surface area contributed by atoms with Gasteiger partial charge in [-0.3, -0.25) is 9.78 Å². The first-order valence-corrected chi connectivity index (χ1v) is 5.32. The van der Waals surface area contributed by atoms with E-state index in [1.165, 1.54) is 6.92 Å². The van der Waals surface area contributed by atoms with Crippen LogP contribution >= 0.6 is 0 Å². The molecule has 0 atom stereocenters. The Morgan fingerprint density at radius 1 is 1.18 bits per heavy atom. The summed E-state index contributed by atoms with van der Waals surface area (Å²) >= 11 is 0. The predicted octanol–water partition coefficient (Wildman–Crippen LogP) is 2.96. The van der Waals surface area contributed by atoms with Gasteiger partial charge in [-0.15, -0.1) is 0 Å². The number of aromatic nitrogens is 1. The molecule has 0 aliphatic carbocycles. The third kappa shape index (κ3) is 2.50. The Bertz CT molecular complexity index is 532. The number of hydrogen-bond acceptors (Lipinski definition) is 3. The quantitative estimate of drug-likeness (QED) is 0.757. The van der Waals surface area contributed by atoms with Crippen LogP contribution in [0.25, 0.3) is 11.1 Å². The lowest BCUT2D eigenvalue weighted by molar-refractivity contribution is 0.101. The predicted molar refractivity (Wildman–Crippen MR) is 66.2 cm³/mol. The van der Waals surface area contributed by atoms with Crippen LogP contribution in [0.4, 0.5) is 0 Å². The summed E-state index contributed by atoms with van der Waals surface area (Å²) < 4.78 is 5.16. The highest BCUT2D eigenvalue weighted by Gasteiger charge is 2.03. The van der Waals surface area contributed by atoms with Gasteiger partial charge in [-0.1, -0.05) is 18.2 Å². The monoisotopic (exact) mass is 227 g/mol. The molecule has 0 aliphatic heterocycles. The summed E-state index contributed by atoms with van der Waals surface area (Å²) in [6.07, 6.45) is 1.70. The van der Waals surface area contributed by atoms with E-state index in [4.69, 9.17) is 4.74 Å². The number of rotatable bonds is 3. The highest BCUT2D eigenvalue weighted by atomic mass is 16.5. The van der Waals surface area contributed by atoms with Crippen LogP contribution in [-0.4, -0.2) is 17.9 Å². The number of ether oxygens (including phenoxy) is 1. The van der Waals surface area contributed by atoms with Crippen LogP contribution < -0.4 is 4.74 Å². The van der Waals surface area contributed by atoms with Gasteiger partial charge in [-0.25, -0.2) is 0 Å². The first-order valence-electron chi connectivity index (χ1n) is 5.32. The summed E-state index contributed by atoms with van der Waals surface area (Å²) in [5.41, 5.74) is 2.47. The largest absolute Gasteiger partial charge is 0.497 e. The minimum absolute atomic E-state index is 0.0257. The molecule has 1 aromatic heterocycles. The Kier molecular flexibility index (Phi) is 3.19. The second-order valence-electron chi connectivity index (χ2n) is 3.72. The lowest BCUT2D eigenvalue weighted by Gasteiger charge is -2.04. The number of benzene rings is 1. The van der Waals surface area contributed by atoms with E-state index in [2.05, 4.69) is 4.98 Å². The van der Waals surface area contributed by atoms with Crippen LogP contribution in [0.2, 0.25) is 0 Å². The van der Waals surface area contributed by atoms with Crippen molar-refractivity contribution in [1.82, 2.24) is 4.98 Å². The zero-order valence-electron chi connectivity index (χ0n) is 9.81. The molecule has 0 aliphatic rings. The van der Waals surface area contributed by atoms with Gasteiger partial charge in [0.05, 0.1) is 7.11 Å². The van der Waals surface area contributed by atoms with Gasteiger partial charge in [0, 0.05) is 18.7 Å². The van der Waals surface area contributed by atoms with E-state index in [-0.39, 0.29) is 5.78 Å². The number of carbonyl (C=O) groups is 1. The molecule has 1 aromatic carbocycles. The van der Waals surface area contributed by atoms with Gasteiger partial charge in [0.25, 0.3) is 0 Å². The van der Waals surface area contributed by atoms with Crippen LogP contribution in [0.5, 0.6) is 5.75 Å². The fraction of sp³-hybridized carbons (Fsp3) is 0.143. The molecule has 0 bridgehead atoms. The Balaban J connectivity index is 2.36. The summed E-state index contributed by atoms with van der Waals surface area (Å²) in [5.74, 6) is 0.778. The van der Waals surface area contributed by atoms with Gasteiger partial charge in [-0.05, 0) is 23.8 Å². The van der Waals surface area contributed by atoms with E-state index in [1.54, 1.807) is 19.4 Å². The minimum atomic E-state index is -0.0257. The molecule has 0 saturated heterocycles. The Morgan fingerprint density at radius 2 is 2.00 bits per heavy atom. The van der Waals surface area contributed by atoms with Crippen LogP contribution in [0, 0.1) is 0 Å². The van der Waals surface area contributed by atoms with Crippen molar-refractivity contribution >= 4 is 5.78 Å². The minimum Gasteiger partial charge on any atom is -0.497 e. The Morgan fingerprint density at radius 3 is 2.59 bits per heavy atom. The summed E-state index contributed by atoms with van der Waals surface area (Å²) in [5, 5.41) is 0. The molecule has 17 heavy (non-hydrogen) atoms. The highest BCUT2D eigenvalue weighted by molar-refractivity contribution is 5.92. The van der Waals surface area contributed by atoms with Gasteiger partial charge >= 0.3 is 0 Å². The van der Waals surface area contributed by atoms with E-state index >= 15 is 0 Å². The number of pyridine rings is 1. The number of nitrogens with zero attached hydrogens (tertiary/aromatic N) is 1. The fourth-order valence-corrected chi connectivity index (χ4v) is 1.58. The molecule has 0 saturated carbocycles. The van der Waals surface area contributed by atoms with Crippen LogP contribution in [0.15, 0.2) is 42.6 Å². The zero-order valence-corrected chi connectivity index (χ0v) is 9.81. The summed E-state index contributed by atoms with van der Waals surface area (Å²) in [6, 6.07) is 11.3. The molecule has 0 N–H and O–H groups in total. The smallest absolute Gasteiger partial charge is 0.178 e. The third-order valence-electron chi connectivity index (χ3n) is 2.53. The lowest BCUT2D eigenvalue weighted by atomic mass is 10.1. The zero-order chi connectivity index (χ0) is 12.3. The molecular formula is C14H13NO2. The van der Waals surface area contributed by atoms with Gasteiger partial charge in [-0.2, -0.15) is 0 Å². The van der Waals surface area contributed by atoms with Crippen molar-refractivity contribution in [3.05, 3.63) is 48.3 Å². The van der Waals surface area contributed by atoms with Crippen LogP contribution in [0.1, 0.15) is 17.4 Å². The second-order valence-corrected chi connectivity index (χ2v) is 3.72. The van der Waals surface area contributed by atoms with Gasteiger partial charge in [0.15, 0.2) is 5.78 Å². The molecule has 86 valence electrons. The van der Waals surface area contributed by atoms with Crippen molar-refractivity contribution in [2.24, 2.45) is 0 Å². The molecule has 3 nitrogen and oxygen atoms in total. The highest BCUT2D eigenvalue weighted by Crippen LogP contribution is 2.23. The van der Waals surface area contributed by atoms with Crippen LogP contribution in [0.3, 0.4) is 0 Å². The molecule has 0 fully saturated rings. The number of carbonyl (C=O) groups excluding carboxylic acids is 1. The summed E-state index contributed by atoms with van der Waals surface area (Å²) in [6.45, 7) is 1.51. The Labute approximate surface area is 100 Å². The molecule has 3 heteroatoms. The fourth-order valence-electron chi connectivity index (χ4n) is 1.58. The normalized spacial score (nSPS) is 10.0. The third-order valence-corrected chi connectivity index (χ3v) is 2.53. The van der Waals surface area contributed by atoms with Gasteiger partial charge in [0.2, 0.25) is 0 Å². The average Bonchev–Trinajstić information content (AvgIpc) is 2.39. The second kappa shape index (κ2) is 4.78. The topological polar surface area (TPSA) is 39.2 Å². The van der Waals surface area contributed by atoms with Gasteiger partial charge < -0.3 is 4.74 Å². The first kappa shape index (κ1) is 11.3. The van der Waals surface area contributed by atoms with E-state index in [9.17, 15) is 4.79 Å². The van der Waals surface area contributed by atoms with Crippen molar-refractivity contribution in [2.75, 3.05) is 7.11 Å². The Hall–Kier alpha value is -2.16. The summed E-state index contributed by atoms with van der Waals surface area (Å²) in [4.78, 5) is 15.2. The SMILES string of the molecule is COc1cccc(-c2ccc(C(C)=O)nc2)c1.